The van der Waals surface area contributed by atoms with E-state index >= 15 is 0 Å². The molecule has 0 saturated heterocycles. The third kappa shape index (κ3) is 1.90. The summed E-state index contributed by atoms with van der Waals surface area (Å²) in [4.78, 5) is 0. The van der Waals surface area contributed by atoms with Crippen LogP contribution in [0.3, 0.4) is 0 Å². The first kappa shape index (κ1) is 6.81. The minimum absolute atomic E-state index is 0.00889. The zero-order chi connectivity index (χ0) is 7.40. The normalized spacial score (nSPS) is 10.4. The van der Waals surface area contributed by atoms with Crippen molar-refractivity contribution in [1.29, 1.82) is 0 Å². The summed E-state index contributed by atoms with van der Waals surface area (Å²) in [6.45, 7) is 0. The summed E-state index contributed by atoms with van der Waals surface area (Å²) in [5.74, 6) is 0.535. The lowest BCUT2D eigenvalue weighted by molar-refractivity contribution is 1.06. The van der Waals surface area contributed by atoms with Gasteiger partial charge >= 0.3 is 0 Å². The number of nitrogens with two attached hydrogens (primary N) is 1. The number of thiocarbonyl (C=S) groups is 1. The molecule has 0 aliphatic heterocycles. The van der Waals surface area contributed by atoms with Crippen LogP contribution in [0.4, 0.5) is 5.82 Å². The largest absolute Gasteiger partial charge is 0.373 e. The van der Waals surface area contributed by atoms with Crippen LogP contribution in [0, 0.1) is 0 Å². The zero-order valence-electron chi connectivity index (χ0n) is 4.98. The fourth-order valence-corrected chi connectivity index (χ4v) is 0.448. The number of hydrogen-bond donors (Lipinski definition) is 2. The third-order valence-corrected chi connectivity index (χ3v) is 0.824. The van der Waals surface area contributed by atoms with E-state index in [0.29, 0.717) is 5.82 Å². The molecule has 0 radical (unpaired) electrons. The summed E-state index contributed by atoms with van der Waals surface area (Å²) in [6, 6.07) is 1.65. The minimum Gasteiger partial charge on any atom is -0.373 e. The smallest absolute Gasteiger partial charge is 0.211 e. The fraction of sp³-hybridized carbons (Fsp3) is 0. The van der Waals surface area contributed by atoms with Crippen LogP contribution in [0.2, 0.25) is 0 Å². The molecule has 5 nitrogen and oxygen atoms in total. The van der Waals surface area contributed by atoms with Crippen molar-refractivity contribution in [1.82, 2.24) is 10.2 Å². The SMILES string of the molecule is NC(=S)/N=N/c1ccn[nH]1. The summed E-state index contributed by atoms with van der Waals surface area (Å²) in [5, 5.41) is 13.2. The van der Waals surface area contributed by atoms with Crippen LogP contribution in [-0.2, 0) is 0 Å². The van der Waals surface area contributed by atoms with Crippen molar-refractivity contribution in [2.45, 2.75) is 0 Å². The van der Waals surface area contributed by atoms with Crippen LogP contribution in [0.5, 0.6) is 0 Å². The van der Waals surface area contributed by atoms with Gasteiger partial charge in [0, 0.05) is 6.07 Å². The van der Waals surface area contributed by atoms with Gasteiger partial charge in [0.25, 0.3) is 0 Å². The molecule has 1 heterocycles. The molecule has 0 aliphatic carbocycles. The van der Waals surface area contributed by atoms with Gasteiger partial charge in [0.1, 0.15) is 0 Å². The molecule has 0 aliphatic rings. The van der Waals surface area contributed by atoms with Crippen molar-refractivity contribution < 1.29 is 0 Å². The van der Waals surface area contributed by atoms with Crippen molar-refractivity contribution in [3.8, 4) is 0 Å². The van der Waals surface area contributed by atoms with E-state index in [0.717, 1.165) is 0 Å². The van der Waals surface area contributed by atoms with Gasteiger partial charge in [-0.05, 0) is 12.2 Å². The molecule has 6 heteroatoms. The molecule has 1 rings (SSSR count). The lowest BCUT2D eigenvalue weighted by Crippen LogP contribution is -2.01. The Labute approximate surface area is 62.3 Å². The van der Waals surface area contributed by atoms with Crippen molar-refractivity contribution in [2.75, 3.05) is 0 Å². The lowest BCUT2D eigenvalue weighted by atomic mass is 10.7. The van der Waals surface area contributed by atoms with Gasteiger partial charge in [-0.25, -0.2) is 0 Å². The van der Waals surface area contributed by atoms with E-state index in [4.69, 9.17) is 5.73 Å². The third-order valence-electron chi connectivity index (χ3n) is 0.742. The van der Waals surface area contributed by atoms with Crippen LogP contribution in [0.1, 0.15) is 0 Å². The van der Waals surface area contributed by atoms with Gasteiger partial charge in [-0.2, -0.15) is 5.10 Å². The molecule has 10 heavy (non-hydrogen) atoms. The Balaban J connectivity index is 2.64. The summed E-state index contributed by atoms with van der Waals surface area (Å²) in [7, 11) is 0. The molecule has 0 bridgehead atoms. The Morgan fingerprint density at radius 1 is 1.80 bits per heavy atom. The molecule has 0 fully saturated rings. The maximum atomic E-state index is 5.05. The Bertz CT molecular complexity index is 238. The minimum atomic E-state index is 0.00889. The van der Waals surface area contributed by atoms with Gasteiger partial charge in [-0.1, -0.05) is 0 Å². The zero-order valence-corrected chi connectivity index (χ0v) is 5.80. The monoisotopic (exact) mass is 155 g/mol. The standard InChI is InChI=1S/C4H5N5S/c5-4(10)9-8-3-1-2-6-7-3/h1-2H,(H2,5,10)(H,6,7)/b9-8+. The molecule has 52 valence electrons. The number of aromatic amines is 1. The van der Waals surface area contributed by atoms with Gasteiger partial charge in [-0.3, -0.25) is 5.10 Å². The highest BCUT2D eigenvalue weighted by Gasteiger charge is 1.86. The number of nitrogens with zero attached hydrogens (tertiary/aromatic N) is 3. The van der Waals surface area contributed by atoms with E-state index in [-0.39, 0.29) is 5.11 Å². The number of hydrogen-bond acceptors (Lipinski definition) is 3. The number of aromatic nitrogens is 2. The fourth-order valence-electron chi connectivity index (χ4n) is 0.407. The van der Waals surface area contributed by atoms with Crippen molar-refractivity contribution in [3.05, 3.63) is 12.3 Å². The van der Waals surface area contributed by atoms with Gasteiger partial charge in [0.2, 0.25) is 5.11 Å². The second-order valence-electron chi connectivity index (χ2n) is 1.48. The van der Waals surface area contributed by atoms with Gasteiger partial charge in [0.15, 0.2) is 5.82 Å². The lowest BCUT2D eigenvalue weighted by Gasteiger charge is -1.80. The maximum Gasteiger partial charge on any atom is 0.211 e. The molecule has 0 spiro atoms. The van der Waals surface area contributed by atoms with E-state index in [9.17, 15) is 0 Å². The number of azo groups is 1. The van der Waals surface area contributed by atoms with Crippen LogP contribution in [0.15, 0.2) is 22.5 Å². The van der Waals surface area contributed by atoms with E-state index in [1.807, 2.05) is 0 Å². The average molecular weight is 155 g/mol. The first-order valence-corrected chi connectivity index (χ1v) is 2.90. The quantitative estimate of drug-likeness (QED) is 0.463. The highest BCUT2D eigenvalue weighted by atomic mass is 32.1. The summed E-state index contributed by atoms with van der Waals surface area (Å²) in [6.07, 6.45) is 1.56. The number of nitrogens with one attached hydrogen (secondary N) is 1. The number of H-pyrrole nitrogens is 1. The Morgan fingerprint density at radius 3 is 3.10 bits per heavy atom. The summed E-state index contributed by atoms with van der Waals surface area (Å²) >= 11 is 4.45. The van der Waals surface area contributed by atoms with Crippen LogP contribution in [0.25, 0.3) is 0 Å². The van der Waals surface area contributed by atoms with Crippen LogP contribution in [-0.4, -0.2) is 15.3 Å². The molecule has 0 amide bonds. The Morgan fingerprint density at radius 2 is 2.60 bits per heavy atom. The first-order valence-electron chi connectivity index (χ1n) is 2.49. The predicted molar refractivity (Wildman–Crippen MR) is 39.9 cm³/mol. The molecule has 0 aromatic carbocycles. The first-order chi connectivity index (χ1) is 4.79. The Hall–Kier alpha value is -1.30. The maximum absolute atomic E-state index is 5.05. The van der Waals surface area contributed by atoms with E-state index in [1.54, 1.807) is 12.3 Å². The second kappa shape index (κ2) is 3.02. The molecular formula is C4H5N5S. The molecule has 0 unspecified atom stereocenters. The van der Waals surface area contributed by atoms with Gasteiger partial charge in [-0.15, -0.1) is 10.2 Å². The summed E-state index contributed by atoms with van der Waals surface area (Å²) < 4.78 is 0. The molecule has 0 saturated carbocycles. The highest BCUT2D eigenvalue weighted by Crippen LogP contribution is 2.03. The summed E-state index contributed by atoms with van der Waals surface area (Å²) in [5.41, 5.74) is 5.05. The predicted octanol–water partition coefficient (Wildman–Crippen LogP) is 0.737. The second-order valence-corrected chi connectivity index (χ2v) is 1.90. The molecular weight excluding hydrogens is 150 g/mol. The van der Waals surface area contributed by atoms with E-state index in [1.165, 1.54) is 0 Å². The topological polar surface area (TPSA) is 79.4 Å². The van der Waals surface area contributed by atoms with Crippen LogP contribution >= 0.6 is 12.2 Å². The van der Waals surface area contributed by atoms with Crippen molar-refractivity contribution in [3.63, 3.8) is 0 Å². The average Bonchev–Trinajstić information content (AvgIpc) is 2.34. The molecule has 0 atom stereocenters. The highest BCUT2D eigenvalue weighted by molar-refractivity contribution is 7.80. The van der Waals surface area contributed by atoms with Crippen molar-refractivity contribution >= 4 is 23.1 Å². The van der Waals surface area contributed by atoms with Crippen molar-refractivity contribution in [2.24, 2.45) is 16.0 Å². The van der Waals surface area contributed by atoms with E-state index < -0.39 is 0 Å². The van der Waals surface area contributed by atoms with Gasteiger partial charge in [0.05, 0.1) is 6.20 Å². The molecule has 3 N–H and O–H groups in total. The van der Waals surface area contributed by atoms with Gasteiger partial charge < -0.3 is 5.73 Å². The number of rotatable bonds is 1. The Kier molecular flexibility index (Phi) is 2.06. The van der Waals surface area contributed by atoms with E-state index in [2.05, 4.69) is 32.6 Å². The van der Waals surface area contributed by atoms with Crippen LogP contribution < -0.4 is 5.73 Å². The molecule has 1 aromatic heterocycles. The molecule has 1 aromatic rings.